The highest BCUT2D eigenvalue weighted by Gasteiger charge is 2.54. The first kappa shape index (κ1) is 23.4. The van der Waals surface area contributed by atoms with Gasteiger partial charge in [-0.05, 0) is 56.2 Å². The van der Waals surface area contributed by atoms with Gasteiger partial charge in [0, 0.05) is 0 Å². The van der Waals surface area contributed by atoms with Gasteiger partial charge in [-0.1, -0.05) is 29.5 Å². The summed E-state index contributed by atoms with van der Waals surface area (Å²) in [6.45, 7) is 10.4. The number of rotatable bonds is 7. The molecule has 2 heterocycles. The van der Waals surface area contributed by atoms with E-state index in [2.05, 4.69) is 16.9 Å². The van der Waals surface area contributed by atoms with Crippen molar-refractivity contribution in [2.45, 2.75) is 55.1 Å². The zero-order valence-electron chi connectivity index (χ0n) is 17.4. The van der Waals surface area contributed by atoms with Crippen molar-refractivity contribution in [3.63, 3.8) is 0 Å². The first-order chi connectivity index (χ1) is 14.5. The highest BCUT2D eigenvalue weighted by atomic mass is 33.1. The number of likely N-dealkylation sites (tertiary alicyclic amines) is 1. The molecule has 2 aromatic rings. The number of hydrogen-bond acceptors (Lipinski definition) is 8. The van der Waals surface area contributed by atoms with Crippen LogP contribution in [0.4, 0.5) is 4.79 Å². The smallest absolute Gasteiger partial charge is 0.408 e. The zero-order valence-corrected chi connectivity index (χ0v) is 19.9. The van der Waals surface area contributed by atoms with Gasteiger partial charge in [0.15, 0.2) is 10.4 Å². The van der Waals surface area contributed by atoms with E-state index in [0.29, 0.717) is 5.57 Å². The number of carboxylic acids is 1. The summed E-state index contributed by atoms with van der Waals surface area (Å²) in [6, 6.07) is 5.62. The van der Waals surface area contributed by atoms with Crippen molar-refractivity contribution in [3.05, 3.63) is 36.4 Å². The third-order valence-electron chi connectivity index (χ3n) is 4.22. The van der Waals surface area contributed by atoms with Gasteiger partial charge in [-0.15, -0.1) is 11.3 Å². The summed E-state index contributed by atoms with van der Waals surface area (Å²) in [5, 5.41) is 11.6. The Kier molecular flexibility index (Phi) is 6.87. The molecule has 3 unspecified atom stereocenters. The van der Waals surface area contributed by atoms with Crippen LogP contribution in [-0.2, 0) is 14.3 Å². The van der Waals surface area contributed by atoms with Crippen LogP contribution in [0.2, 0.25) is 0 Å². The average molecular weight is 482 g/mol. The monoisotopic (exact) mass is 481 g/mol. The Hall–Kier alpha value is -2.24. The number of para-hydroxylation sites is 1. The maximum atomic E-state index is 12.8. The third-order valence-corrected chi connectivity index (χ3v) is 8.25. The van der Waals surface area contributed by atoms with Gasteiger partial charge in [-0.25, -0.2) is 14.6 Å². The van der Waals surface area contributed by atoms with E-state index in [1.54, 1.807) is 27.7 Å². The van der Waals surface area contributed by atoms with Crippen LogP contribution in [0.3, 0.4) is 0 Å². The number of alkyl carbamates (subject to hydrolysis) is 1. The van der Waals surface area contributed by atoms with E-state index in [4.69, 9.17) is 4.74 Å². The molecule has 11 heteroatoms. The van der Waals surface area contributed by atoms with Gasteiger partial charge < -0.3 is 20.1 Å². The fourth-order valence-electron chi connectivity index (χ4n) is 2.97. The molecule has 3 atom stereocenters. The second-order valence-corrected chi connectivity index (χ2v) is 11.6. The standard InChI is InChI=1S/C20H23N3O5S3/c1-10(2)14(17(25)26)23-15(24)13(22-18(27)28-20(3,4)5)16(23)30-31-19-21-11-8-6-7-9-12(11)29-19/h6-9,13-14,16H,1H2,2-5H3,(H,22,27)(H,25,26). The minimum absolute atomic E-state index is 0.326. The van der Waals surface area contributed by atoms with E-state index in [-0.39, 0.29) is 0 Å². The van der Waals surface area contributed by atoms with E-state index in [1.165, 1.54) is 37.8 Å². The second-order valence-electron chi connectivity index (χ2n) is 7.97. The van der Waals surface area contributed by atoms with Gasteiger partial charge in [-0.2, -0.15) is 0 Å². The number of aromatic nitrogens is 1. The molecule has 3 rings (SSSR count). The lowest BCUT2D eigenvalue weighted by Gasteiger charge is -2.48. The second kappa shape index (κ2) is 9.09. The molecule has 1 aromatic heterocycles. The van der Waals surface area contributed by atoms with Crippen LogP contribution in [0, 0.1) is 0 Å². The van der Waals surface area contributed by atoms with Crippen LogP contribution in [0.15, 0.2) is 40.8 Å². The van der Waals surface area contributed by atoms with Crippen LogP contribution in [0.5, 0.6) is 0 Å². The summed E-state index contributed by atoms with van der Waals surface area (Å²) in [5.41, 5.74) is 0.467. The number of fused-ring (bicyclic) bond motifs is 1. The van der Waals surface area contributed by atoms with Crippen molar-refractivity contribution in [1.29, 1.82) is 0 Å². The number of nitrogens with zero attached hydrogens (tertiary/aromatic N) is 2. The maximum absolute atomic E-state index is 12.8. The third kappa shape index (κ3) is 5.34. The molecule has 1 aliphatic heterocycles. The largest absolute Gasteiger partial charge is 0.479 e. The molecule has 2 amide bonds. The zero-order chi connectivity index (χ0) is 22.9. The Morgan fingerprint density at radius 1 is 1.35 bits per heavy atom. The molecule has 1 aliphatic rings. The maximum Gasteiger partial charge on any atom is 0.408 e. The lowest BCUT2D eigenvalue weighted by Crippen LogP contribution is -2.73. The molecule has 1 aromatic carbocycles. The quantitative estimate of drug-likeness (QED) is 0.345. The summed E-state index contributed by atoms with van der Waals surface area (Å²) >= 11 is 1.50. The Morgan fingerprint density at radius 2 is 2.03 bits per heavy atom. The summed E-state index contributed by atoms with van der Waals surface area (Å²) in [6.07, 6.45) is -0.733. The van der Waals surface area contributed by atoms with E-state index >= 15 is 0 Å². The minimum atomic E-state index is -1.18. The number of amides is 2. The van der Waals surface area contributed by atoms with Crippen LogP contribution in [-0.4, -0.2) is 56.0 Å². The molecule has 166 valence electrons. The van der Waals surface area contributed by atoms with E-state index in [0.717, 1.165) is 14.6 Å². The predicted molar refractivity (Wildman–Crippen MR) is 123 cm³/mol. The van der Waals surface area contributed by atoms with Crippen molar-refractivity contribution in [1.82, 2.24) is 15.2 Å². The number of thiazole rings is 1. The number of hydrogen-bond donors (Lipinski definition) is 2. The normalized spacial score (nSPS) is 19.6. The van der Waals surface area contributed by atoms with Crippen molar-refractivity contribution >= 4 is 61.1 Å². The van der Waals surface area contributed by atoms with Crippen LogP contribution >= 0.6 is 32.9 Å². The first-order valence-electron chi connectivity index (χ1n) is 9.37. The lowest BCUT2D eigenvalue weighted by molar-refractivity contribution is -0.158. The number of β-lactam (4-membered cyclic amide) rings is 1. The van der Waals surface area contributed by atoms with Gasteiger partial charge >= 0.3 is 12.1 Å². The number of carbonyl (C=O) groups is 3. The van der Waals surface area contributed by atoms with Crippen LogP contribution in [0.1, 0.15) is 27.7 Å². The van der Waals surface area contributed by atoms with Crippen LogP contribution in [0.25, 0.3) is 10.2 Å². The Labute approximate surface area is 191 Å². The highest BCUT2D eigenvalue weighted by molar-refractivity contribution is 8.77. The number of carboxylic acid groups (broad SMARTS) is 1. The number of benzene rings is 1. The fraction of sp³-hybridized carbons (Fsp3) is 0.400. The molecule has 31 heavy (non-hydrogen) atoms. The summed E-state index contributed by atoms with van der Waals surface area (Å²) < 4.78 is 7.05. The molecule has 0 saturated carbocycles. The molecule has 1 saturated heterocycles. The predicted octanol–water partition coefficient (Wildman–Crippen LogP) is 4.13. The Morgan fingerprint density at radius 3 is 2.61 bits per heavy atom. The lowest BCUT2D eigenvalue weighted by atomic mass is 9.99. The number of carbonyl (C=O) groups excluding carboxylic acids is 2. The number of nitrogens with one attached hydrogen (secondary N) is 1. The number of ether oxygens (including phenoxy) is 1. The van der Waals surface area contributed by atoms with Crippen molar-refractivity contribution in [2.24, 2.45) is 0 Å². The SMILES string of the molecule is C=C(C)C(C(=O)O)N1C(=O)C(NC(=O)OC(C)(C)C)C1SSc1nc2ccccc2s1. The average Bonchev–Trinajstić information content (AvgIpc) is 3.06. The molecule has 0 aliphatic carbocycles. The fourth-order valence-corrected chi connectivity index (χ4v) is 6.93. The molecule has 1 fully saturated rings. The van der Waals surface area contributed by atoms with Crippen molar-refractivity contribution in [2.75, 3.05) is 0 Å². The van der Waals surface area contributed by atoms with Crippen molar-refractivity contribution in [3.8, 4) is 0 Å². The van der Waals surface area contributed by atoms with Gasteiger partial charge in [-0.3, -0.25) is 4.79 Å². The highest BCUT2D eigenvalue weighted by Crippen LogP contribution is 2.45. The van der Waals surface area contributed by atoms with Crippen LogP contribution < -0.4 is 5.32 Å². The van der Waals surface area contributed by atoms with Gasteiger partial charge in [0.1, 0.15) is 17.0 Å². The number of aliphatic carboxylic acids is 1. The Bertz CT molecular complexity index is 985. The van der Waals surface area contributed by atoms with Gasteiger partial charge in [0.05, 0.1) is 10.2 Å². The molecule has 0 bridgehead atoms. The molecular weight excluding hydrogens is 458 g/mol. The molecule has 0 spiro atoms. The van der Waals surface area contributed by atoms with Gasteiger partial charge in [0.2, 0.25) is 5.91 Å². The van der Waals surface area contributed by atoms with E-state index in [1.807, 2.05) is 24.3 Å². The van der Waals surface area contributed by atoms with E-state index in [9.17, 15) is 19.5 Å². The Balaban J connectivity index is 1.79. The minimum Gasteiger partial charge on any atom is -0.479 e. The van der Waals surface area contributed by atoms with Crippen molar-refractivity contribution < 1.29 is 24.2 Å². The molecule has 0 radical (unpaired) electrons. The molecule has 8 nitrogen and oxygen atoms in total. The first-order valence-corrected chi connectivity index (χ1v) is 12.4. The molecule has 2 N–H and O–H groups in total. The van der Waals surface area contributed by atoms with Gasteiger partial charge in [0.25, 0.3) is 0 Å². The summed E-state index contributed by atoms with van der Waals surface area (Å²) in [7, 11) is 2.61. The topological polar surface area (TPSA) is 109 Å². The molecular formula is C20H23N3O5S3. The summed E-state index contributed by atoms with van der Waals surface area (Å²) in [4.78, 5) is 42.6. The summed E-state index contributed by atoms with van der Waals surface area (Å²) in [5.74, 6) is -1.67. The van der Waals surface area contributed by atoms with E-state index < -0.39 is 41.0 Å².